The van der Waals surface area contributed by atoms with Crippen LogP contribution in [0, 0.1) is 0 Å². The van der Waals surface area contributed by atoms with Gasteiger partial charge in [-0.05, 0) is 78.8 Å². The summed E-state index contributed by atoms with van der Waals surface area (Å²) in [6.45, 7) is 0. The van der Waals surface area contributed by atoms with Gasteiger partial charge in [0.1, 0.15) is 0 Å². The zero-order valence-electron chi connectivity index (χ0n) is 15.7. The molecule has 3 nitrogen and oxygen atoms in total. The predicted molar refractivity (Wildman–Crippen MR) is 106 cm³/mol. The van der Waals surface area contributed by atoms with E-state index in [-0.39, 0.29) is 11.3 Å². The van der Waals surface area contributed by atoms with Gasteiger partial charge in [-0.2, -0.15) is 0 Å². The lowest BCUT2D eigenvalue weighted by molar-refractivity contribution is 0.0696. The fraction of sp³-hybridized carbons (Fsp3) is 0.417. The number of aryl methyl sites for hydroxylation is 2. The summed E-state index contributed by atoms with van der Waals surface area (Å²) in [6, 6.07) is 10.8. The number of aromatic carboxylic acids is 1. The predicted octanol–water partition coefficient (Wildman–Crippen LogP) is 5.35. The topological polar surface area (TPSA) is 54.4 Å². The van der Waals surface area contributed by atoms with Crippen LogP contribution in [-0.2, 0) is 19.3 Å². The van der Waals surface area contributed by atoms with E-state index >= 15 is 0 Å². The van der Waals surface area contributed by atoms with Gasteiger partial charge in [-0.3, -0.25) is 4.79 Å². The van der Waals surface area contributed by atoms with Gasteiger partial charge in [-0.1, -0.05) is 37.1 Å². The Morgan fingerprint density at radius 3 is 1.96 bits per heavy atom. The molecule has 0 bridgehead atoms. The second-order valence-electron chi connectivity index (χ2n) is 8.00. The van der Waals surface area contributed by atoms with Gasteiger partial charge in [0.15, 0.2) is 5.78 Å². The number of hydrogen-bond donors (Lipinski definition) is 1. The lowest BCUT2D eigenvalue weighted by atomic mass is 9.85. The molecule has 140 valence electrons. The normalized spacial score (nSPS) is 16.9. The van der Waals surface area contributed by atoms with Gasteiger partial charge in [0.2, 0.25) is 0 Å². The van der Waals surface area contributed by atoms with E-state index in [0.717, 1.165) is 18.4 Å². The van der Waals surface area contributed by atoms with E-state index in [9.17, 15) is 9.59 Å². The van der Waals surface area contributed by atoms with Gasteiger partial charge in [-0.25, -0.2) is 4.79 Å². The quantitative estimate of drug-likeness (QED) is 0.746. The van der Waals surface area contributed by atoms with Crippen molar-refractivity contribution >= 4 is 11.8 Å². The van der Waals surface area contributed by atoms with Crippen molar-refractivity contribution in [2.45, 2.75) is 63.7 Å². The van der Waals surface area contributed by atoms with Crippen LogP contribution in [0.4, 0.5) is 0 Å². The number of rotatable bonds is 4. The van der Waals surface area contributed by atoms with Gasteiger partial charge in [0.05, 0.1) is 5.56 Å². The summed E-state index contributed by atoms with van der Waals surface area (Å²) in [4.78, 5) is 23.7. The Morgan fingerprint density at radius 2 is 1.41 bits per heavy atom. The first-order valence-electron chi connectivity index (χ1n) is 10.1. The standard InChI is InChI=1S/C24H26O3/c25-22(17-9-11-19(12-10-17)24(26)27)15-16-13-20-7-3-1-5-18-6-2-4-8-21(14-16)23(18)20/h9-14,18H,1-8,15H2,(H,26,27). The van der Waals surface area contributed by atoms with E-state index in [1.54, 1.807) is 17.7 Å². The summed E-state index contributed by atoms with van der Waals surface area (Å²) in [6.07, 6.45) is 10.4. The molecule has 0 heterocycles. The molecule has 2 aromatic carbocycles. The van der Waals surface area contributed by atoms with Gasteiger partial charge in [0.25, 0.3) is 0 Å². The van der Waals surface area contributed by atoms with E-state index < -0.39 is 5.97 Å². The summed E-state index contributed by atoms with van der Waals surface area (Å²) in [5.74, 6) is -0.198. The summed E-state index contributed by atoms with van der Waals surface area (Å²) >= 11 is 0. The first-order chi connectivity index (χ1) is 13.1. The molecular weight excluding hydrogens is 336 g/mol. The first-order valence-corrected chi connectivity index (χ1v) is 10.1. The number of carboxylic acids is 1. The Morgan fingerprint density at radius 1 is 0.852 bits per heavy atom. The van der Waals surface area contributed by atoms with Crippen molar-refractivity contribution in [3.05, 3.63) is 69.8 Å². The Bertz CT molecular complexity index is 831. The molecule has 0 spiro atoms. The average Bonchev–Trinajstić information content (AvgIpc) is 2.99. The molecule has 0 saturated heterocycles. The number of Topliss-reactive ketones (excluding diaryl/α,β-unsaturated/α-hetero) is 1. The molecule has 2 aliphatic carbocycles. The second-order valence-corrected chi connectivity index (χ2v) is 8.00. The molecule has 3 heteroatoms. The molecule has 2 aliphatic rings. The highest BCUT2D eigenvalue weighted by atomic mass is 16.4. The summed E-state index contributed by atoms with van der Waals surface area (Å²) in [5, 5.41) is 9.01. The third-order valence-electron chi connectivity index (χ3n) is 6.14. The van der Waals surface area contributed by atoms with E-state index in [1.807, 2.05) is 0 Å². The maximum absolute atomic E-state index is 12.7. The highest BCUT2D eigenvalue weighted by Gasteiger charge is 2.24. The SMILES string of the molecule is O=C(O)c1ccc(C(=O)Cc2cc3c4c(c2)CCCCC4CCCC3)cc1. The molecule has 0 aliphatic heterocycles. The molecule has 1 N–H and O–H groups in total. The number of benzene rings is 2. The summed E-state index contributed by atoms with van der Waals surface area (Å²) in [7, 11) is 0. The summed E-state index contributed by atoms with van der Waals surface area (Å²) in [5.41, 5.74) is 6.45. The fourth-order valence-corrected chi connectivity index (χ4v) is 4.82. The number of carbonyl (C=O) groups excluding carboxylic acids is 1. The maximum atomic E-state index is 12.7. The van der Waals surface area contributed by atoms with Crippen LogP contribution < -0.4 is 0 Å². The molecule has 0 atom stereocenters. The minimum atomic E-state index is -0.968. The number of carbonyl (C=O) groups is 2. The van der Waals surface area contributed by atoms with E-state index in [2.05, 4.69) is 12.1 Å². The van der Waals surface area contributed by atoms with Crippen molar-refractivity contribution in [2.24, 2.45) is 0 Å². The summed E-state index contributed by atoms with van der Waals surface area (Å²) < 4.78 is 0. The van der Waals surface area contributed by atoms with E-state index in [0.29, 0.717) is 17.9 Å². The monoisotopic (exact) mass is 362 g/mol. The molecule has 0 amide bonds. The van der Waals surface area contributed by atoms with Crippen LogP contribution in [0.25, 0.3) is 0 Å². The van der Waals surface area contributed by atoms with Crippen LogP contribution >= 0.6 is 0 Å². The first kappa shape index (κ1) is 18.0. The van der Waals surface area contributed by atoms with Crippen LogP contribution in [0.3, 0.4) is 0 Å². The molecule has 0 unspecified atom stereocenters. The van der Waals surface area contributed by atoms with Crippen molar-refractivity contribution in [2.75, 3.05) is 0 Å². The van der Waals surface area contributed by atoms with Crippen molar-refractivity contribution in [3.63, 3.8) is 0 Å². The Kier molecular flexibility index (Phi) is 5.11. The Balaban J connectivity index is 1.61. The Hall–Kier alpha value is -2.42. The van der Waals surface area contributed by atoms with Crippen molar-refractivity contribution in [1.29, 1.82) is 0 Å². The van der Waals surface area contributed by atoms with Crippen LogP contribution in [-0.4, -0.2) is 16.9 Å². The largest absolute Gasteiger partial charge is 0.478 e. The third kappa shape index (κ3) is 3.83. The minimum Gasteiger partial charge on any atom is -0.478 e. The minimum absolute atomic E-state index is 0.0536. The molecule has 27 heavy (non-hydrogen) atoms. The van der Waals surface area contributed by atoms with Crippen LogP contribution in [0.15, 0.2) is 36.4 Å². The van der Waals surface area contributed by atoms with Crippen molar-refractivity contribution < 1.29 is 14.7 Å². The van der Waals surface area contributed by atoms with Crippen LogP contribution in [0.2, 0.25) is 0 Å². The lowest BCUT2D eigenvalue weighted by Gasteiger charge is -2.20. The van der Waals surface area contributed by atoms with Gasteiger partial charge in [0, 0.05) is 12.0 Å². The van der Waals surface area contributed by atoms with Gasteiger partial charge in [-0.15, -0.1) is 0 Å². The van der Waals surface area contributed by atoms with Crippen molar-refractivity contribution in [1.82, 2.24) is 0 Å². The highest BCUT2D eigenvalue weighted by Crippen LogP contribution is 2.40. The van der Waals surface area contributed by atoms with E-state index in [4.69, 9.17) is 5.11 Å². The van der Waals surface area contributed by atoms with Crippen molar-refractivity contribution in [3.8, 4) is 0 Å². The molecule has 0 saturated carbocycles. The second kappa shape index (κ2) is 7.67. The van der Waals surface area contributed by atoms with Crippen LogP contribution in [0.5, 0.6) is 0 Å². The zero-order valence-corrected chi connectivity index (χ0v) is 15.7. The molecule has 0 fully saturated rings. The zero-order chi connectivity index (χ0) is 18.8. The average molecular weight is 362 g/mol. The highest BCUT2D eigenvalue weighted by molar-refractivity contribution is 5.98. The molecular formula is C24H26O3. The Labute approximate surface area is 160 Å². The molecule has 0 radical (unpaired) electrons. The maximum Gasteiger partial charge on any atom is 0.335 e. The molecule has 4 rings (SSSR count). The third-order valence-corrected chi connectivity index (χ3v) is 6.14. The smallest absolute Gasteiger partial charge is 0.335 e. The lowest BCUT2D eigenvalue weighted by Crippen LogP contribution is -2.08. The molecule has 2 aromatic rings. The number of carboxylic acid groups (broad SMARTS) is 1. The number of hydrogen-bond acceptors (Lipinski definition) is 2. The van der Waals surface area contributed by atoms with Gasteiger partial charge < -0.3 is 5.11 Å². The van der Waals surface area contributed by atoms with Gasteiger partial charge >= 0.3 is 5.97 Å². The molecule has 0 aromatic heterocycles. The fourth-order valence-electron chi connectivity index (χ4n) is 4.82. The van der Waals surface area contributed by atoms with Crippen LogP contribution in [0.1, 0.15) is 87.4 Å². The number of ketones is 1. The van der Waals surface area contributed by atoms with E-state index in [1.165, 1.54) is 61.8 Å².